The van der Waals surface area contributed by atoms with Crippen LogP contribution in [0.4, 0.5) is 0 Å². The van der Waals surface area contributed by atoms with Crippen LogP contribution in [0.2, 0.25) is 0 Å². The van der Waals surface area contributed by atoms with Crippen molar-refractivity contribution in [2.24, 2.45) is 0 Å². The van der Waals surface area contributed by atoms with Crippen LogP contribution in [-0.4, -0.2) is 5.78 Å². The van der Waals surface area contributed by atoms with E-state index in [4.69, 9.17) is 0 Å². The van der Waals surface area contributed by atoms with E-state index < -0.39 is 0 Å². The molecule has 0 unspecified atom stereocenters. The number of benzene rings is 2. The number of Topliss-reactive ketones (excluding diaryl/α,β-unsaturated/α-hetero) is 1. The molecular formula is C19H18BrNOS. The van der Waals surface area contributed by atoms with Crippen LogP contribution in [0.3, 0.4) is 0 Å². The van der Waals surface area contributed by atoms with Gasteiger partial charge in [0, 0.05) is 12.0 Å². The summed E-state index contributed by atoms with van der Waals surface area (Å²) in [5.74, 6) is 0.196. The molecule has 1 aliphatic rings. The Morgan fingerprint density at radius 2 is 1.83 bits per heavy atom. The molecule has 0 saturated carbocycles. The molecule has 3 aromatic rings. The van der Waals surface area contributed by atoms with Crippen LogP contribution in [0.15, 0.2) is 48.0 Å². The first kappa shape index (κ1) is 16.3. The van der Waals surface area contributed by atoms with E-state index in [9.17, 15) is 4.79 Å². The van der Waals surface area contributed by atoms with Crippen LogP contribution < -0.4 is 21.5 Å². The second-order valence-electron chi connectivity index (χ2n) is 5.91. The van der Waals surface area contributed by atoms with Gasteiger partial charge in [0.05, 0.1) is 4.88 Å². The van der Waals surface area contributed by atoms with Crippen LogP contribution in [0.5, 0.6) is 0 Å². The molecule has 0 aliphatic heterocycles. The topological polar surface area (TPSA) is 20.9 Å². The van der Waals surface area contributed by atoms with Crippen LogP contribution in [-0.2, 0) is 19.4 Å². The lowest BCUT2D eigenvalue weighted by Crippen LogP contribution is -3.00. The Morgan fingerprint density at radius 3 is 2.70 bits per heavy atom. The Labute approximate surface area is 150 Å². The van der Waals surface area contributed by atoms with Crippen molar-refractivity contribution in [3.05, 3.63) is 64.1 Å². The van der Waals surface area contributed by atoms with Crippen molar-refractivity contribution in [3.8, 4) is 0 Å². The zero-order valence-electron chi connectivity index (χ0n) is 12.8. The summed E-state index contributed by atoms with van der Waals surface area (Å²) in [6.07, 6.45) is 4.82. The summed E-state index contributed by atoms with van der Waals surface area (Å²) < 4.78 is 2.16. The molecule has 0 radical (unpaired) electrons. The monoisotopic (exact) mass is 387 g/mol. The average Bonchev–Trinajstić information content (AvgIpc) is 2.97. The van der Waals surface area contributed by atoms with Crippen molar-refractivity contribution in [1.82, 2.24) is 0 Å². The Kier molecular flexibility index (Phi) is 4.93. The van der Waals surface area contributed by atoms with Gasteiger partial charge in [0.1, 0.15) is 0 Å². The number of aromatic nitrogens is 1. The maximum atomic E-state index is 12.6. The number of rotatable bonds is 3. The number of ketones is 1. The lowest BCUT2D eigenvalue weighted by atomic mass is 10.0. The average molecular weight is 388 g/mol. The maximum Gasteiger partial charge on any atom is 0.227 e. The molecule has 0 bridgehead atoms. The fraction of sp³-hybridized carbons (Fsp3) is 0.263. The predicted octanol–water partition coefficient (Wildman–Crippen LogP) is 0.954. The highest BCUT2D eigenvalue weighted by molar-refractivity contribution is 7.09. The van der Waals surface area contributed by atoms with Crippen molar-refractivity contribution in [2.75, 3.05) is 0 Å². The number of carbonyl (C=O) groups is 1. The van der Waals surface area contributed by atoms with Gasteiger partial charge in [-0.25, -0.2) is 0 Å². The first-order chi connectivity index (χ1) is 10.8. The number of halogens is 1. The molecule has 2 nitrogen and oxygen atoms in total. The van der Waals surface area contributed by atoms with E-state index in [0.717, 1.165) is 17.4 Å². The van der Waals surface area contributed by atoms with E-state index in [1.54, 1.807) is 11.3 Å². The number of nitrogens with zero attached hydrogens (tertiary/aromatic N) is 1. The van der Waals surface area contributed by atoms with Crippen LogP contribution in [0.25, 0.3) is 10.8 Å². The van der Waals surface area contributed by atoms with Gasteiger partial charge in [0.2, 0.25) is 17.8 Å². The molecule has 1 aliphatic carbocycles. The van der Waals surface area contributed by atoms with Gasteiger partial charge in [-0.15, -0.1) is 0 Å². The minimum Gasteiger partial charge on any atom is -1.00 e. The molecule has 118 valence electrons. The van der Waals surface area contributed by atoms with E-state index in [-0.39, 0.29) is 22.8 Å². The fourth-order valence-corrected chi connectivity index (χ4v) is 4.30. The third-order valence-electron chi connectivity index (χ3n) is 4.44. The first-order valence-electron chi connectivity index (χ1n) is 7.82. The van der Waals surface area contributed by atoms with Gasteiger partial charge in [0.15, 0.2) is 5.69 Å². The number of fused-ring (bicyclic) bond motifs is 2. The van der Waals surface area contributed by atoms with Gasteiger partial charge >= 0.3 is 0 Å². The Hall–Kier alpha value is -1.52. The molecule has 4 rings (SSSR count). The third kappa shape index (κ3) is 3.24. The normalized spacial score (nSPS) is 13.4. The molecule has 0 spiro atoms. The second kappa shape index (κ2) is 6.93. The van der Waals surface area contributed by atoms with E-state index in [1.165, 1.54) is 35.2 Å². The molecule has 2 aromatic carbocycles. The van der Waals surface area contributed by atoms with Gasteiger partial charge in [-0.05, 0) is 36.1 Å². The molecule has 1 heterocycles. The minimum atomic E-state index is 0. The van der Waals surface area contributed by atoms with Crippen molar-refractivity contribution in [3.63, 3.8) is 0 Å². The van der Waals surface area contributed by atoms with Gasteiger partial charge < -0.3 is 17.0 Å². The SMILES string of the molecule is O=C(C[n+]1csc2c1CCCC2)c1ccc2ccccc2c1.[Br-]. The number of hydrogen-bond donors (Lipinski definition) is 0. The lowest BCUT2D eigenvalue weighted by molar-refractivity contribution is -0.686. The number of carbonyl (C=O) groups excluding carboxylic acids is 1. The Balaban J connectivity index is 0.00000156. The summed E-state index contributed by atoms with van der Waals surface area (Å²) in [4.78, 5) is 14.1. The summed E-state index contributed by atoms with van der Waals surface area (Å²) in [7, 11) is 0. The fourth-order valence-electron chi connectivity index (χ4n) is 3.22. The second-order valence-corrected chi connectivity index (χ2v) is 6.85. The highest BCUT2D eigenvalue weighted by Crippen LogP contribution is 2.22. The molecule has 0 fully saturated rings. The highest BCUT2D eigenvalue weighted by atomic mass is 79.9. The number of thiazole rings is 1. The zero-order valence-corrected chi connectivity index (χ0v) is 15.2. The van der Waals surface area contributed by atoms with Crippen LogP contribution in [0, 0.1) is 0 Å². The Morgan fingerprint density at radius 1 is 1.04 bits per heavy atom. The number of aryl methyl sites for hydroxylation is 1. The first-order valence-corrected chi connectivity index (χ1v) is 8.70. The quantitative estimate of drug-likeness (QED) is 0.484. The van der Waals surface area contributed by atoms with Crippen molar-refractivity contribution >= 4 is 27.9 Å². The molecule has 0 amide bonds. The van der Waals surface area contributed by atoms with Crippen LogP contribution >= 0.6 is 11.3 Å². The summed E-state index contributed by atoms with van der Waals surface area (Å²) in [6, 6.07) is 14.2. The third-order valence-corrected chi connectivity index (χ3v) is 5.53. The maximum absolute atomic E-state index is 12.6. The molecule has 0 atom stereocenters. The van der Waals surface area contributed by atoms with Gasteiger partial charge in [0.25, 0.3) is 0 Å². The molecule has 0 saturated heterocycles. The van der Waals surface area contributed by atoms with Crippen molar-refractivity contribution < 1.29 is 26.3 Å². The highest BCUT2D eigenvalue weighted by Gasteiger charge is 2.24. The van der Waals surface area contributed by atoms with E-state index in [0.29, 0.717) is 6.54 Å². The minimum absolute atomic E-state index is 0. The predicted molar refractivity (Wildman–Crippen MR) is 89.4 cm³/mol. The van der Waals surface area contributed by atoms with Gasteiger partial charge in [-0.2, -0.15) is 4.57 Å². The molecule has 0 N–H and O–H groups in total. The summed E-state index contributed by atoms with van der Waals surface area (Å²) in [6.45, 7) is 0.462. The standard InChI is InChI=1S/C19H18NOS.BrH/c21-18(12-20-13-22-19-8-4-3-7-17(19)20)16-10-9-14-5-1-2-6-15(14)11-16;/h1-2,5-6,9-11,13H,3-4,7-8,12H2;1H/q+1;/p-1. The zero-order chi connectivity index (χ0) is 14.9. The van der Waals surface area contributed by atoms with Crippen molar-refractivity contribution in [2.45, 2.75) is 32.2 Å². The molecular weight excluding hydrogens is 370 g/mol. The summed E-state index contributed by atoms with van der Waals surface area (Å²) in [5.41, 5.74) is 4.31. The summed E-state index contributed by atoms with van der Waals surface area (Å²) >= 11 is 1.80. The van der Waals surface area contributed by atoms with Gasteiger partial charge in [-0.1, -0.05) is 47.7 Å². The smallest absolute Gasteiger partial charge is 0.227 e. The molecule has 1 aromatic heterocycles. The van der Waals surface area contributed by atoms with Gasteiger partial charge in [-0.3, -0.25) is 4.79 Å². The van der Waals surface area contributed by atoms with Crippen molar-refractivity contribution in [1.29, 1.82) is 0 Å². The Bertz CT molecular complexity index is 855. The van der Waals surface area contributed by atoms with E-state index in [2.05, 4.69) is 22.2 Å². The largest absolute Gasteiger partial charge is 1.00 e. The molecule has 23 heavy (non-hydrogen) atoms. The molecule has 4 heteroatoms. The lowest BCUT2D eigenvalue weighted by Gasteiger charge is -2.07. The number of hydrogen-bond acceptors (Lipinski definition) is 2. The summed E-state index contributed by atoms with van der Waals surface area (Å²) in [5, 5.41) is 2.31. The van der Waals surface area contributed by atoms with E-state index in [1.807, 2.05) is 30.3 Å². The van der Waals surface area contributed by atoms with E-state index >= 15 is 0 Å². The van der Waals surface area contributed by atoms with Crippen LogP contribution in [0.1, 0.15) is 33.8 Å².